The fraction of sp³-hybridized carbons (Fsp3) is 1.00. The van der Waals surface area contributed by atoms with Gasteiger partial charge in [0, 0.05) is 0 Å². The third kappa shape index (κ3) is 6.33. The van der Waals surface area contributed by atoms with Crippen LogP contribution in [0.1, 0.15) is 154 Å². The Bertz CT molecular complexity index is 600. The molecule has 1 aliphatic heterocycles. The number of fused-ring (bicyclic) bond motifs is 3. The molecule has 218 valence electrons. The predicted molar refractivity (Wildman–Crippen MR) is 163 cm³/mol. The first-order valence-corrected chi connectivity index (χ1v) is 16.7. The molecule has 2 unspecified atom stereocenters. The quantitative estimate of drug-likeness (QED) is 0.341. The van der Waals surface area contributed by atoms with Crippen LogP contribution in [0.25, 0.3) is 0 Å². The van der Waals surface area contributed by atoms with Crippen molar-refractivity contribution in [1.82, 2.24) is 0 Å². The molecule has 7 aliphatic rings. The minimum atomic E-state index is 0.528. The zero-order valence-electron chi connectivity index (χ0n) is 27.5. The Morgan fingerprint density at radius 3 is 1.03 bits per heavy atom. The summed E-state index contributed by atoms with van der Waals surface area (Å²) in [4.78, 5) is 0. The van der Waals surface area contributed by atoms with Gasteiger partial charge in [-0.3, -0.25) is 0 Å². The Hall–Kier alpha value is -0.0400. The van der Waals surface area contributed by atoms with Gasteiger partial charge in [-0.05, 0) is 134 Å². The van der Waals surface area contributed by atoms with Gasteiger partial charge in [0.05, 0.1) is 12.7 Å². The summed E-state index contributed by atoms with van der Waals surface area (Å²) in [6.45, 7) is 29.4. The van der Waals surface area contributed by atoms with E-state index in [1.165, 1.54) is 70.6 Å². The van der Waals surface area contributed by atoms with Crippen molar-refractivity contribution < 1.29 is 4.74 Å². The minimum Gasteiger partial charge on any atom is -0.378 e. The normalized spacial score (nSPS) is 40.4. The predicted octanol–water partition coefficient (Wildman–Crippen LogP) is 11.2. The molecule has 7 fully saturated rings. The molecule has 37 heavy (non-hydrogen) atoms. The number of hydrogen-bond donors (Lipinski definition) is 0. The molecule has 4 bridgehead atoms. The highest BCUT2D eigenvalue weighted by molar-refractivity contribution is 5.18. The van der Waals surface area contributed by atoms with Crippen molar-refractivity contribution >= 4 is 0 Å². The second-order valence-electron chi connectivity index (χ2n) is 16.8. The van der Waals surface area contributed by atoms with Gasteiger partial charge in [-0.2, -0.15) is 0 Å². The summed E-state index contributed by atoms with van der Waals surface area (Å²) in [6, 6.07) is 0. The largest absolute Gasteiger partial charge is 0.378 e. The van der Waals surface area contributed by atoms with Gasteiger partial charge in [0.1, 0.15) is 0 Å². The van der Waals surface area contributed by atoms with Crippen LogP contribution in [0.5, 0.6) is 0 Å². The van der Waals surface area contributed by atoms with E-state index in [2.05, 4.69) is 83.1 Å². The Labute approximate surface area is 234 Å². The van der Waals surface area contributed by atoms with E-state index in [1.807, 2.05) is 0 Å². The lowest BCUT2D eigenvalue weighted by Crippen LogP contribution is -2.66. The van der Waals surface area contributed by atoms with Gasteiger partial charge in [-0.1, -0.05) is 83.1 Å². The van der Waals surface area contributed by atoms with Crippen molar-refractivity contribution in [2.24, 2.45) is 63.1 Å². The van der Waals surface area contributed by atoms with Gasteiger partial charge in [-0.25, -0.2) is 0 Å². The summed E-state index contributed by atoms with van der Waals surface area (Å²) in [7, 11) is 0. The maximum atomic E-state index is 5.81. The van der Waals surface area contributed by atoms with Crippen molar-refractivity contribution in [3.8, 4) is 0 Å². The zero-order valence-corrected chi connectivity index (χ0v) is 27.5. The van der Waals surface area contributed by atoms with Gasteiger partial charge >= 0.3 is 0 Å². The van der Waals surface area contributed by atoms with E-state index in [9.17, 15) is 0 Å². The molecule has 0 aromatic rings. The van der Waals surface area contributed by atoms with Gasteiger partial charge in [-0.15, -0.1) is 0 Å². The molecule has 0 spiro atoms. The van der Waals surface area contributed by atoms with Gasteiger partial charge in [0.15, 0.2) is 0 Å². The fourth-order valence-electron chi connectivity index (χ4n) is 8.99. The van der Waals surface area contributed by atoms with Crippen molar-refractivity contribution in [3.63, 3.8) is 0 Å². The van der Waals surface area contributed by atoms with Crippen LogP contribution in [0.4, 0.5) is 0 Å². The Morgan fingerprint density at radius 2 is 0.811 bits per heavy atom. The Kier molecular flexibility index (Phi) is 10.1. The molecule has 1 heteroatoms. The zero-order chi connectivity index (χ0) is 27.8. The van der Waals surface area contributed by atoms with Gasteiger partial charge in [0.2, 0.25) is 0 Å². The van der Waals surface area contributed by atoms with Crippen molar-refractivity contribution in [1.29, 1.82) is 0 Å². The van der Waals surface area contributed by atoms with Crippen LogP contribution in [0.2, 0.25) is 0 Å². The summed E-state index contributed by atoms with van der Waals surface area (Å²) in [5.74, 6) is 5.98. The molecule has 6 aliphatic carbocycles. The lowest BCUT2D eigenvalue weighted by Gasteiger charge is -2.75. The summed E-state index contributed by atoms with van der Waals surface area (Å²) in [5.41, 5.74) is 3.11. The molecule has 1 nitrogen and oxygen atoms in total. The molecule has 0 N–H and O–H groups in total. The highest BCUT2D eigenvalue weighted by atomic mass is 16.5. The summed E-state index contributed by atoms with van der Waals surface area (Å²) in [5, 5.41) is 0. The topological polar surface area (TPSA) is 9.23 Å². The summed E-state index contributed by atoms with van der Waals surface area (Å²) in [6.07, 6.45) is 16.9. The molecule has 1 saturated heterocycles. The van der Waals surface area contributed by atoms with E-state index >= 15 is 0 Å². The van der Waals surface area contributed by atoms with Crippen LogP contribution in [0.15, 0.2) is 0 Å². The van der Waals surface area contributed by atoms with Crippen LogP contribution in [-0.2, 0) is 4.74 Å². The van der Waals surface area contributed by atoms with Gasteiger partial charge in [0.25, 0.3) is 0 Å². The molecule has 7 rings (SSSR count). The van der Waals surface area contributed by atoms with Crippen LogP contribution >= 0.6 is 0 Å². The molecule has 1 heterocycles. The van der Waals surface area contributed by atoms with Crippen LogP contribution in [-0.4, -0.2) is 12.7 Å². The first kappa shape index (κ1) is 31.5. The van der Waals surface area contributed by atoms with Crippen LogP contribution < -0.4 is 0 Å². The monoisotopic (exact) mass is 517 g/mol. The average Bonchev–Trinajstić information content (AvgIpc) is 2.78. The first-order valence-electron chi connectivity index (χ1n) is 16.7. The second kappa shape index (κ2) is 11.8. The number of hydrogen-bond acceptors (Lipinski definition) is 1. The van der Waals surface area contributed by atoms with Crippen molar-refractivity contribution in [2.45, 2.75) is 160 Å². The van der Waals surface area contributed by atoms with Crippen molar-refractivity contribution in [3.05, 3.63) is 0 Å². The van der Waals surface area contributed by atoms with Crippen molar-refractivity contribution in [2.75, 3.05) is 6.61 Å². The first-order chi connectivity index (χ1) is 17.1. The summed E-state index contributed by atoms with van der Waals surface area (Å²) < 4.78 is 5.81. The van der Waals surface area contributed by atoms with E-state index in [4.69, 9.17) is 4.74 Å². The van der Waals surface area contributed by atoms with E-state index in [-0.39, 0.29) is 0 Å². The minimum absolute atomic E-state index is 0.528. The molecule has 2 atom stereocenters. The van der Waals surface area contributed by atoms with E-state index in [1.54, 1.807) is 0 Å². The van der Waals surface area contributed by atoms with Crippen LogP contribution in [0, 0.1) is 63.1 Å². The van der Waals surface area contributed by atoms with E-state index in [0.717, 1.165) is 63.8 Å². The third-order valence-corrected chi connectivity index (χ3v) is 13.4. The lowest BCUT2D eigenvalue weighted by atomic mass is 9.30. The highest BCUT2D eigenvalue weighted by Gasteiger charge is 2.69. The SMILES string of the molecule is CC(C)C12CC(C(C)C)(C1)C2.CC(C)C12CCC(C(C)C)(CC1)CC2.CC(C)C1CCC(C(C)C)OC1. The second-order valence-corrected chi connectivity index (χ2v) is 16.8. The molecule has 0 aromatic carbocycles. The Balaban J connectivity index is 0.000000155. The fourth-order valence-corrected chi connectivity index (χ4v) is 8.99. The number of rotatable bonds is 6. The molecular formula is C36H68O. The smallest absolute Gasteiger partial charge is 0.0598 e. The maximum absolute atomic E-state index is 5.81. The maximum Gasteiger partial charge on any atom is 0.0598 e. The summed E-state index contributed by atoms with van der Waals surface area (Å²) >= 11 is 0. The molecule has 6 saturated carbocycles. The number of ether oxygens (including phenoxy) is 1. The molecular weight excluding hydrogens is 448 g/mol. The van der Waals surface area contributed by atoms with E-state index in [0.29, 0.717) is 12.0 Å². The Morgan fingerprint density at radius 1 is 0.459 bits per heavy atom. The molecule has 0 radical (unpaired) electrons. The average molecular weight is 517 g/mol. The highest BCUT2D eigenvalue weighted by Crippen LogP contribution is 2.78. The standard InChI is InChI=1S/C14H26.C11H22O.C11H20/c1-11(2)13-5-8-14(9-6-13,10-7-13)12(3)4;1-8(2)10-5-6-11(9(3)4)12-7-10;1-8(2)10-5-11(6-10,7-10)9(3)4/h11-12H,5-10H2,1-4H3;8-11H,5-7H2,1-4H3;8-9H,5-7H2,1-4H3. The molecule has 0 amide bonds. The van der Waals surface area contributed by atoms with Crippen LogP contribution in [0.3, 0.4) is 0 Å². The molecule has 0 aromatic heterocycles. The van der Waals surface area contributed by atoms with E-state index < -0.39 is 0 Å². The third-order valence-electron chi connectivity index (χ3n) is 13.4. The van der Waals surface area contributed by atoms with Gasteiger partial charge < -0.3 is 4.74 Å². The lowest BCUT2D eigenvalue weighted by molar-refractivity contribution is -0.252.